The fraction of sp³-hybridized carbons (Fsp3) is 0.417. The van der Waals surface area contributed by atoms with E-state index >= 15 is 0 Å². The average Bonchev–Trinajstić information content (AvgIpc) is 2.36. The van der Waals surface area contributed by atoms with E-state index in [1.54, 1.807) is 19.9 Å². The Bertz CT molecular complexity index is 575. The summed E-state index contributed by atoms with van der Waals surface area (Å²) in [6.45, 7) is 3.68. The number of nitrogens with two attached hydrogens (primary N) is 1. The van der Waals surface area contributed by atoms with Crippen molar-refractivity contribution in [2.24, 2.45) is 5.73 Å². The van der Waals surface area contributed by atoms with Gasteiger partial charge in [0, 0.05) is 19.6 Å². The van der Waals surface area contributed by atoms with Crippen LogP contribution in [0.15, 0.2) is 23.1 Å². The Kier molecular flexibility index (Phi) is 4.46. The van der Waals surface area contributed by atoms with Gasteiger partial charge in [-0.25, -0.2) is 8.42 Å². The first-order valence-corrected chi connectivity index (χ1v) is 6.97. The van der Waals surface area contributed by atoms with Crippen LogP contribution in [0.5, 0.6) is 0 Å². The van der Waals surface area contributed by atoms with Gasteiger partial charge in [0.25, 0.3) is 0 Å². The summed E-state index contributed by atoms with van der Waals surface area (Å²) in [6, 6.07) is 6.23. The van der Waals surface area contributed by atoms with Gasteiger partial charge in [-0.1, -0.05) is 0 Å². The van der Waals surface area contributed by atoms with Crippen molar-refractivity contribution < 1.29 is 8.42 Å². The molecule has 0 saturated heterocycles. The van der Waals surface area contributed by atoms with Gasteiger partial charge in [-0.2, -0.15) is 9.57 Å². The molecule has 1 unspecified atom stereocenters. The molecular weight excluding hydrogens is 250 g/mol. The van der Waals surface area contributed by atoms with Crippen molar-refractivity contribution in [2.75, 3.05) is 13.6 Å². The molecule has 0 heterocycles. The molecule has 0 aromatic heterocycles. The molecule has 0 fully saturated rings. The van der Waals surface area contributed by atoms with Crippen LogP contribution in [0.4, 0.5) is 0 Å². The zero-order valence-electron chi connectivity index (χ0n) is 10.7. The van der Waals surface area contributed by atoms with Gasteiger partial charge in [-0.05, 0) is 37.6 Å². The molecule has 0 bridgehead atoms. The number of rotatable bonds is 4. The van der Waals surface area contributed by atoms with Crippen LogP contribution >= 0.6 is 0 Å². The smallest absolute Gasteiger partial charge is 0.243 e. The van der Waals surface area contributed by atoms with Crippen molar-refractivity contribution in [1.29, 1.82) is 5.26 Å². The fourth-order valence-corrected chi connectivity index (χ4v) is 3.12. The van der Waals surface area contributed by atoms with Gasteiger partial charge in [0.05, 0.1) is 16.5 Å². The molecule has 6 heteroatoms. The molecular formula is C12H17N3O2S. The third kappa shape index (κ3) is 2.70. The molecule has 2 N–H and O–H groups in total. The van der Waals surface area contributed by atoms with Gasteiger partial charge in [0.15, 0.2) is 0 Å². The highest BCUT2D eigenvalue weighted by Gasteiger charge is 2.26. The van der Waals surface area contributed by atoms with Gasteiger partial charge < -0.3 is 5.73 Å². The van der Waals surface area contributed by atoms with Gasteiger partial charge >= 0.3 is 0 Å². The number of benzene rings is 1. The lowest BCUT2D eigenvalue weighted by Gasteiger charge is -2.23. The molecule has 0 aliphatic carbocycles. The standard InChI is InChI=1S/C12H17N3O2S/c1-9-6-11(8-14)4-5-12(9)18(16,17)15(3)10(2)7-13/h4-6,10H,7,13H2,1-3H3. The minimum atomic E-state index is -3.56. The summed E-state index contributed by atoms with van der Waals surface area (Å²) in [7, 11) is -2.06. The number of likely N-dealkylation sites (N-methyl/N-ethyl adjacent to an activating group) is 1. The first-order valence-electron chi connectivity index (χ1n) is 5.53. The van der Waals surface area contributed by atoms with Crippen molar-refractivity contribution >= 4 is 10.0 Å². The van der Waals surface area contributed by atoms with E-state index in [0.717, 1.165) is 0 Å². The van der Waals surface area contributed by atoms with E-state index < -0.39 is 10.0 Å². The van der Waals surface area contributed by atoms with Crippen molar-refractivity contribution in [3.8, 4) is 6.07 Å². The minimum absolute atomic E-state index is 0.212. The van der Waals surface area contributed by atoms with Crippen LogP contribution in [0.2, 0.25) is 0 Å². The topological polar surface area (TPSA) is 87.2 Å². The zero-order valence-corrected chi connectivity index (χ0v) is 11.5. The second-order valence-electron chi connectivity index (χ2n) is 4.20. The predicted molar refractivity (Wildman–Crippen MR) is 69.4 cm³/mol. The molecule has 0 radical (unpaired) electrons. The van der Waals surface area contributed by atoms with Crippen LogP contribution in [0.3, 0.4) is 0 Å². The van der Waals surface area contributed by atoms with E-state index in [4.69, 9.17) is 11.0 Å². The lowest BCUT2D eigenvalue weighted by Crippen LogP contribution is -2.39. The molecule has 1 atom stereocenters. The van der Waals surface area contributed by atoms with Crippen LogP contribution in [0.1, 0.15) is 18.1 Å². The molecule has 5 nitrogen and oxygen atoms in total. The highest BCUT2D eigenvalue weighted by Crippen LogP contribution is 2.21. The van der Waals surface area contributed by atoms with Crippen LogP contribution in [-0.4, -0.2) is 32.4 Å². The molecule has 0 saturated carbocycles. The Morgan fingerprint density at radius 1 is 1.50 bits per heavy atom. The first-order chi connectivity index (χ1) is 8.34. The number of nitrogens with zero attached hydrogens (tertiary/aromatic N) is 2. The number of nitriles is 1. The van der Waals surface area contributed by atoms with Crippen molar-refractivity contribution in [1.82, 2.24) is 4.31 Å². The summed E-state index contributed by atoms with van der Waals surface area (Å²) >= 11 is 0. The largest absolute Gasteiger partial charge is 0.329 e. The average molecular weight is 267 g/mol. The molecule has 0 aliphatic rings. The highest BCUT2D eigenvalue weighted by atomic mass is 32.2. The van der Waals surface area contributed by atoms with E-state index in [2.05, 4.69) is 0 Å². The van der Waals surface area contributed by atoms with Crippen LogP contribution in [-0.2, 0) is 10.0 Å². The second kappa shape index (κ2) is 5.48. The first kappa shape index (κ1) is 14.6. The SMILES string of the molecule is Cc1cc(C#N)ccc1S(=O)(=O)N(C)C(C)CN. The van der Waals surface area contributed by atoms with Crippen LogP contribution in [0, 0.1) is 18.3 Å². The van der Waals surface area contributed by atoms with Crippen molar-refractivity contribution in [3.05, 3.63) is 29.3 Å². The maximum Gasteiger partial charge on any atom is 0.243 e. The normalized spacial score (nSPS) is 13.3. The molecule has 0 amide bonds. The number of hydrogen-bond acceptors (Lipinski definition) is 4. The molecule has 1 rings (SSSR count). The second-order valence-corrected chi connectivity index (χ2v) is 6.16. The Hall–Kier alpha value is -1.42. The predicted octanol–water partition coefficient (Wildman–Crippen LogP) is 0.834. The number of hydrogen-bond donors (Lipinski definition) is 1. The van der Waals surface area contributed by atoms with Gasteiger partial charge in [-0.15, -0.1) is 0 Å². The molecule has 98 valence electrons. The molecule has 0 aliphatic heterocycles. The van der Waals surface area contributed by atoms with Crippen molar-refractivity contribution in [3.63, 3.8) is 0 Å². The molecule has 1 aromatic carbocycles. The molecule has 1 aromatic rings. The van der Waals surface area contributed by atoms with E-state index in [-0.39, 0.29) is 17.5 Å². The summed E-state index contributed by atoms with van der Waals surface area (Å²) in [5, 5.41) is 8.76. The van der Waals surface area contributed by atoms with Gasteiger partial charge in [0.1, 0.15) is 0 Å². The highest BCUT2D eigenvalue weighted by molar-refractivity contribution is 7.89. The van der Waals surface area contributed by atoms with Crippen molar-refractivity contribution in [2.45, 2.75) is 24.8 Å². The van der Waals surface area contributed by atoms with Gasteiger partial charge in [-0.3, -0.25) is 0 Å². The van der Waals surface area contributed by atoms with E-state index in [0.29, 0.717) is 11.1 Å². The van der Waals surface area contributed by atoms with E-state index in [9.17, 15) is 8.42 Å². The number of sulfonamides is 1. The summed E-state index contributed by atoms with van der Waals surface area (Å²) < 4.78 is 25.9. The van der Waals surface area contributed by atoms with E-state index in [1.807, 2.05) is 6.07 Å². The minimum Gasteiger partial charge on any atom is -0.329 e. The maximum atomic E-state index is 12.3. The number of aryl methyl sites for hydroxylation is 1. The fourth-order valence-electron chi connectivity index (χ4n) is 1.55. The van der Waals surface area contributed by atoms with Crippen LogP contribution in [0.25, 0.3) is 0 Å². The Morgan fingerprint density at radius 3 is 2.56 bits per heavy atom. The third-order valence-corrected chi connectivity index (χ3v) is 5.05. The monoisotopic (exact) mass is 267 g/mol. The van der Waals surface area contributed by atoms with Gasteiger partial charge in [0.2, 0.25) is 10.0 Å². The summed E-state index contributed by atoms with van der Waals surface area (Å²) in [6.07, 6.45) is 0. The summed E-state index contributed by atoms with van der Waals surface area (Å²) in [4.78, 5) is 0.212. The lowest BCUT2D eigenvalue weighted by atomic mass is 10.2. The summed E-state index contributed by atoms with van der Waals surface area (Å²) in [5.74, 6) is 0. The maximum absolute atomic E-state index is 12.3. The molecule has 18 heavy (non-hydrogen) atoms. The lowest BCUT2D eigenvalue weighted by molar-refractivity contribution is 0.394. The third-order valence-electron chi connectivity index (χ3n) is 2.92. The summed E-state index contributed by atoms with van der Waals surface area (Å²) in [5.41, 5.74) is 6.49. The van der Waals surface area contributed by atoms with Crippen LogP contribution < -0.4 is 5.73 Å². The Balaban J connectivity index is 3.26. The Morgan fingerprint density at radius 2 is 2.11 bits per heavy atom. The quantitative estimate of drug-likeness (QED) is 0.875. The molecule has 0 spiro atoms. The Labute approximate surface area is 108 Å². The van der Waals surface area contributed by atoms with E-state index in [1.165, 1.54) is 23.5 Å². The zero-order chi connectivity index (χ0) is 13.9.